The van der Waals surface area contributed by atoms with Crippen LogP contribution in [0.2, 0.25) is 10.0 Å². The summed E-state index contributed by atoms with van der Waals surface area (Å²) in [7, 11) is -4.05. The molecule has 1 atom stereocenters. The van der Waals surface area contributed by atoms with Crippen molar-refractivity contribution >= 4 is 44.8 Å². The molecule has 0 fully saturated rings. The van der Waals surface area contributed by atoms with Crippen molar-refractivity contribution in [3.05, 3.63) is 93.0 Å². The molecule has 1 N–H and O–H groups in total. The Morgan fingerprint density at radius 1 is 0.971 bits per heavy atom. The first-order chi connectivity index (χ1) is 16.1. The second-order valence-electron chi connectivity index (χ2n) is 8.62. The van der Waals surface area contributed by atoms with Crippen molar-refractivity contribution < 1.29 is 13.2 Å². The molecule has 0 bridgehead atoms. The van der Waals surface area contributed by atoms with E-state index in [2.05, 4.69) is 17.4 Å². The van der Waals surface area contributed by atoms with Gasteiger partial charge in [0.05, 0.1) is 16.6 Å². The van der Waals surface area contributed by atoms with Crippen molar-refractivity contribution in [1.82, 2.24) is 5.32 Å². The van der Waals surface area contributed by atoms with Gasteiger partial charge in [0.1, 0.15) is 6.54 Å². The molecule has 0 heterocycles. The topological polar surface area (TPSA) is 66.5 Å². The summed E-state index contributed by atoms with van der Waals surface area (Å²) in [6.45, 7) is 3.35. The first kappa shape index (κ1) is 24.6. The third kappa shape index (κ3) is 5.40. The summed E-state index contributed by atoms with van der Waals surface area (Å²) in [6, 6.07) is 16.9. The molecule has 0 aromatic heterocycles. The van der Waals surface area contributed by atoms with Gasteiger partial charge < -0.3 is 5.32 Å². The molecule has 5 nitrogen and oxygen atoms in total. The van der Waals surface area contributed by atoms with Crippen LogP contribution in [-0.4, -0.2) is 20.9 Å². The zero-order valence-electron chi connectivity index (χ0n) is 19.0. The average molecular weight is 517 g/mol. The van der Waals surface area contributed by atoms with Crippen LogP contribution in [0.4, 0.5) is 5.69 Å². The third-order valence-electron chi connectivity index (χ3n) is 6.03. The van der Waals surface area contributed by atoms with Crippen molar-refractivity contribution in [3.8, 4) is 0 Å². The molecule has 34 heavy (non-hydrogen) atoms. The summed E-state index contributed by atoms with van der Waals surface area (Å²) >= 11 is 12.3. The summed E-state index contributed by atoms with van der Waals surface area (Å²) in [5.74, 6) is -0.431. The van der Waals surface area contributed by atoms with Gasteiger partial charge in [-0.1, -0.05) is 59.1 Å². The predicted octanol–water partition coefficient (Wildman–Crippen LogP) is 5.86. The number of carbonyl (C=O) groups is 1. The lowest BCUT2D eigenvalue weighted by atomic mass is 10.0. The number of sulfonamides is 1. The second-order valence-corrected chi connectivity index (χ2v) is 11.4. The van der Waals surface area contributed by atoms with E-state index >= 15 is 0 Å². The molecule has 0 unspecified atom stereocenters. The smallest absolute Gasteiger partial charge is 0.264 e. The minimum absolute atomic E-state index is 0.0775. The molecule has 0 aliphatic heterocycles. The van der Waals surface area contributed by atoms with Crippen LogP contribution in [0.3, 0.4) is 0 Å². The van der Waals surface area contributed by atoms with Gasteiger partial charge in [-0.2, -0.15) is 0 Å². The minimum atomic E-state index is -4.05. The summed E-state index contributed by atoms with van der Waals surface area (Å²) < 4.78 is 28.1. The van der Waals surface area contributed by atoms with E-state index in [1.807, 2.05) is 19.9 Å². The Balaban J connectivity index is 1.61. The Kier molecular flexibility index (Phi) is 7.22. The fraction of sp³-hybridized carbons (Fsp3) is 0.269. The monoisotopic (exact) mass is 516 g/mol. The van der Waals surface area contributed by atoms with E-state index in [1.54, 1.807) is 12.1 Å². The Bertz CT molecular complexity index is 1300. The van der Waals surface area contributed by atoms with Crippen molar-refractivity contribution in [2.45, 2.75) is 44.0 Å². The van der Waals surface area contributed by atoms with Crippen LogP contribution in [0, 0.1) is 6.92 Å². The van der Waals surface area contributed by atoms with Crippen LogP contribution in [0.5, 0.6) is 0 Å². The standard InChI is InChI=1S/C26H26Cl2N2O3S/c1-17-6-10-25(11-7-17)34(32,33)30(24-14-22(27)13-23(28)15-24)16-26(31)29-18(2)20-9-8-19-4-3-5-21(19)12-20/h6-15,18H,3-5,16H2,1-2H3,(H,29,31)/t18-/m0/s1. The number of benzene rings is 3. The van der Waals surface area contributed by atoms with Gasteiger partial charge in [0.2, 0.25) is 5.91 Å². The molecule has 0 saturated heterocycles. The summed E-state index contributed by atoms with van der Waals surface area (Å²) in [6.07, 6.45) is 3.28. The number of aryl methyl sites for hydroxylation is 3. The van der Waals surface area contributed by atoms with Gasteiger partial charge >= 0.3 is 0 Å². The largest absolute Gasteiger partial charge is 0.348 e. The van der Waals surface area contributed by atoms with Crippen molar-refractivity contribution in [2.75, 3.05) is 10.8 Å². The van der Waals surface area contributed by atoms with E-state index in [9.17, 15) is 13.2 Å². The number of fused-ring (bicyclic) bond motifs is 1. The maximum absolute atomic E-state index is 13.5. The zero-order valence-corrected chi connectivity index (χ0v) is 21.3. The molecule has 1 aliphatic rings. The van der Waals surface area contributed by atoms with E-state index in [0.29, 0.717) is 0 Å². The van der Waals surface area contributed by atoms with Crippen LogP contribution in [-0.2, 0) is 27.7 Å². The molecule has 178 valence electrons. The van der Waals surface area contributed by atoms with E-state index in [0.717, 1.165) is 34.7 Å². The molecule has 4 rings (SSSR count). The molecular weight excluding hydrogens is 491 g/mol. The highest BCUT2D eigenvalue weighted by molar-refractivity contribution is 7.92. The number of rotatable bonds is 7. The van der Waals surface area contributed by atoms with E-state index in [1.165, 1.54) is 41.5 Å². The molecule has 0 radical (unpaired) electrons. The maximum atomic E-state index is 13.5. The predicted molar refractivity (Wildman–Crippen MR) is 137 cm³/mol. The molecule has 1 amide bonds. The maximum Gasteiger partial charge on any atom is 0.264 e. The second kappa shape index (κ2) is 9.98. The fourth-order valence-corrected chi connectivity index (χ4v) is 6.12. The van der Waals surface area contributed by atoms with Gasteiger partial charge in [0.15, 0.2) is 0 Å². The number of nitrogens with zero attached hydrogens (tertiary/aromatic N) is 1. The Hall–Kier alpha value is -2.54. The van der Waals surface area contributed by atoms with Gasteiger partial charge in [-0.15, -0.1) is 0 Å². The lowest BCUT2D eigenvalue weighted by Gasteiger charge is -2.25. The fourth-order valence-electron chi connectivity index (χ4n) is 4.20. The van der Waals surface area contributed by atoms with E-state index < -0.39 is 22.5 Å². The number of anilines is 1. The Labute approximate surface area is 210 Å². The third-order valence-corrected chi connectivity index (χ3v) is 8.26. The SMILES string of the molecule is Cc1ccc(S(=O)(=O)N(CC(=O)N[C@@H](C)c2ccc3c(c2)CCC3)c2cc(Cl)cc(Cl)c2)cc1. The number of carbonyl (C=O) groups excluding carboxylic acids is 1. The number of amides is 1. The summed E-state index contributed by atoms with van der Waals surface area (Å²) in [5, 5.41) is 3.49. The number of halogens is 2. The number of hydrogen-bond donors (Lipinski definition) is 1. The number of nitrogens with one attached hydrogen (secondary N) is 1. The summed E-state index contributed by atoms with van der Waals surface area (Å²) in [5.41, 5.74) is 4.81. The molecule has 1 aliphatic carbocycles. The molecular formula is C26H26Cl2N2O3S. The van der Waals surface area contributed by atoms with Crippen molar-refractivity contribution in [2.24, 2.45) is 0 Å². The molecule has 0 spiro atoms. The lowest BCUT2D eigenvalue weighted by Crippen LogP contribution is -2.41. The van der Waals surface area contributed by atoms with Crippen molar-refractivity contribution in [1.29, 1.82) is 0 Å². The van der Waals surface area contributed by atoms with Crippen LogP contribution in [0.1, 0.15) is 41.6 Å². The molecule has 0 saturated carbocycles. The van der Waals surface area contributed by atoms with Gasteiger partial charge in [0.25, 0.3) is 10.0 Å². The molecule has 3 aromatic rings. The Morgan fingerprint density at radius 2 is 1.62 bits per heavy atom. The highest BCUT2D eigenvalue weighted by Gasteiger charge is 2.28. The average Bonchev–Trinajstić information content (AvgIpc) is 3.25. The normalized spacial score (nSPS) is 13.9. The first-order valence-electron chi connectivity index (χ1n) is 11.1. The van der Waals surface area contributed by atoms with Crippen LogP contribution >= 0.6 is 23.2 Å². The lowest BCUT2D eigenvalue weighted by molar-refractivity contribution is -0.120. The minimum Gasteiger partial charge on any atom is -0.348 e. The van der Waals surface area contributed by atoms with Crippen molar-refractivity contribution in [3.63, 3.8) is 0 Å². The van der Waals surface area contributed by atoms with Crippen LogP contribution in [0.15, 0.2) is 65.6 Å². The zero-order chi connectivity index (χ0) is 24.5. The van der Waals surface area contributed by atoms with Gasteiger partial charge in [-0.05, 0) is 80.1 Å². The quantitative estimate of drug-likeness (QED) is 0.427. The van der Waals surface area contributed by atoms with Crippen LogP contribution in [0.25, 0.3) is 0 Å². The number of hydrogen-bond acceptors (Lipinski definition) is 3. The van der Waals surface area contributed by atoms with E-state index in [-0.39, 0.29) is 26.7 Å². The highest BCUT2D eigenvalue weighted by atomic mass is 35.5. The van der Waals surface area contributed by atoms with Gasteiger partial charge in [-0.3, -0.25) is 9.10 Å². The molecule has 8 heteroatoms. The molecule has 3 aromatic carbocycles. The van der Waals surface area contributed by atoms with Gasteiger partial charge in [-0.25, -0.2) is 8.42 Å². The van der Waals surface area contributed by atoms with Gasteiger partial charge in [0, 0.05) is 10.0 Å². The van der Waals surface area contributed by atoms with E-state index in [4.69, 9.17) is 23.2 Å². The Morgan fingerprint density at radius 3 is 2.29 bits per heavy atom. The van der Waals surface area contributed by atoms with Crippen LogP contribution < -0.4 is 9.62 Å². The summed E-state index contributed by atoms with van der Waals surface area (Å²) in [4.78, 5) is 13.1. The highest BCUT2D eigenvalue weighted by Crippen LogP contribution is 2.30. The first-order valence-corrected chi connectivity index (χ1v) is 13.3.